The normalized spacial score (nSPS) is 17.5. The summed E-state index contributed by atoms with van der Waals surface area (Å²) < 4.78 is 0. The first kappa shape index (κ1) is 13.7. The summed E-state index contributed by atoms with van der Waals surface area (Å²) in [5.74, 6) is 0.740. The fourth-order valence-electron chi connectivity index (χ4n) is 2.81. The van der Waals surface area contributed by atoms with Gasteiger partial charge in [-0.25, -0.2) is 0 Å². The predicted octanol–water partition coefficient (Wildman–Crippen LogP) is 3.64. The highest BCUT2D eigenvalue weighted by Gasteiger charge is 2.16. The van der Waals surface area contributed by atoms with Gasteiger partial charge in [-0.05, 0) is 57.1 Å². The van der Waals surface area contributed by atoms with Crippen molar-refractivity contribution in [2.24, 2.45) is 5.92 Å². The fraction of sp³-hybridized carbons (Fsp3) is 0.438. The van der Waals surface area contributed by atoms with E-state index in [0.717, 1.165) is 34.1 Å². The second-order valence-electron chi connectivity index (χ2n) is 5.66. The first-order valence-electron chi connectivity index (χ1n) is 7.19. The second-order valence-corrected chi connectivity index (χ2v) is 6.09. The molecule has 2 heterocycles. The van der Waals surface area contributed by atoms with Gasteiger partial charge in [-0.2, -0.15) is 0 Å². The zero-order valence-electron chi connectivity index (χ0n) is 11.8. The Kier molecular flexibility index (Phi) is 4.08. The summed E-state index contributed by atoms with van der Waals surface area (Å²) in [7, 11) is 2.19. The lowest BCUT2D eigenvalue weighted by atomic mass is 9.97. The van der Waals surface area contributed by atoms with Gasteiger partial charge in [-0.3, -0.25) is 4.98 Å². The van der Waals surface area contributed by atoms with Gasteiger partial charge >= 0.3 is 0 Å². The molecule has 1 aromatic carbocycles. The van der Waals surface area contributed by atoms with Crippen LogP contribution in [0.5, 0.6) is 0 Å². The summed E-state index contributed by atoms with van der Waals surface area (Å²) in [5.41, 5.74) is 2.05. The molecule has 0 amide bonds. The van der Waals surface area contributed by atoms with E-state index in [-0.39, 0.29) is 0 Å². The maximum atomic E-state index is 6.19. The van der Waals surface area contributed by atoms with E-state index in [9.17, 15) is 0 Å². The van der Waals surface area contributed by atoms with Gasteiger partial charge in [0, 0.05) is 23.2 Å². The van der Waals surface area contributed by atoms with Crippen molar-refractivity contribution in [2.75, 3.05) is 32.0 Å². The smallest absolute Gasteiger partial charge is 0.0934 e. The Morgan fingerprint density at radius 2 is 2.15 bits per heavy atom. The van der Waals surface area contributed by atoms with Crippen LogP contribution in [0, 0.1) is 5.92 Å². The quantitative estimate of drug-likeness (QED) is 0.935. The van der Waals surface area contributed by atoms with E-state index < -0.39 is 0 Å². The van der Waals surface area contributed by atoms with Crippen molar-refractivity contribution in [2.45, 2.75) is 12.8 Å². The number of fused-ring (bicyclic) bond motifs is 1. The van der Waals surface area contributed by atoms with Crippen LogP contribution in [0.2, 0.25) is 5.02 Å². The summed E-state index contributed by atoms with van der Waals surface area (Å²) in [4.78, 5) is 6.86. The van der Waals surface area contributed by atoms with Crippen LogP contribution in [0.15, 0.2) is 30.5 Å². The van der Waals surface area contributed by atoms with E-state index in [1.807, 2.05) is 24.4 Å². The minimum Gasteiger partial charge on any atom is -0.383 e. The van der Waals surface area contributed by atoms with Crippen molar-refractivity contribution in [1.29, 1.82) is 0 Å². The summed E-state index contributed by atoms with van der Waals surface area (Å²) in [5, 5.41) is 5.40. The number of hydrogen-bond acceptors (Lipinski definition) is 3. The van der Waals surface area contributed by atoms with E-state index in [1.54, 1.807) is 0 Å². The highest BCUT2D eigenvalue weighted by Crippen LogP contribution is 2.27. The molecule has 0 atom stereocenters. The second kappa shape index (κ2) is 5.98. The van der Waals surface area contributed by atoms with Gasteiger partial charge in [0.15, 0.2) is 0 Å². The molecule has 2 aromatic rings. The molecule has 3 nitrogen and oxygen atoms in total. The summed E-state index contributed by atoms with van der Waals surface area (Å²) in [6, 6.07) is 7.94. The highest BCUT2D eigenvalue weighted by atomic mass is 35.5. The van der Waals surface area contributed by atoms with E-state index in [2.05, 4.69) is 28.3 Å². The third-order valence-corrected chi connectivity index (χ3v) is 4.31. The van der Waals surface area contributed by atoms with E-state index >= 15 is 0 Å². The average molecular weight is 290 g/mol. The molecular weight excluding hydrogens is 270 g/mol. The third-order valence-electron chi connectivity index (χ3n) is 4.09. The first-order chi connectivity index (χ1) is 9.72. The number of pyridine rings is 1. The van der Waals surface area contributed by atoms with Gasteiger partial charge in [-0.1, -0.05) is 17.7 Å². The summed E-state index contributed by atoms with van der Waals surface area (Å²) >= 11 is 6.19. The Balaban J connectivity index is 1.74. The number of benzene rings is 1. The molecule has 1 saturated heterocycles. The Morgan fingerprint density at radius 1 is 1.35 bits per heavy atom. The monoisotopic (exact) mass is 289 g/mol. The SMILES string of the molecule is CN1CCC(CNc2cc(Cl)cc3cccnc23)CC1. The van der Waals surface area contributed by atoms with Gasteiger partial charge in [-0.15, -0.1) is 0 Å². The molecule has 0 unspecified atom stereocenters. The highest BCUT2D eigenvalue weighted by molar-refractivity contribution is 6.31. The largest absolute Gasteiger partial charge is 0.383 e. The van der Waals surface area contributed by atoms with Crippen LogP contribution in [0.3, 0.4) is 0 Å². The summed E-state index contributed by atoms with van der Waals surface area (Å²) in [6.45, 7) is 3.39. The molecule has 0 bridgehead atoms. The molecule has 20 heavy (non-hydrogen) atoms. The molecule has 1 N–H and O–H groups in total. The minimum absolute atomic E-state index is 0.740. The number of anilines is 1. The Morgan fingerprint density at radius 3 is 2.95 bits per heavy atom. The molecule has 1 aromatic heterocycles. The van der Waals surface area contributed by atoms with Gasteiger partial charge in [0.2, 0.25) is 0 Å². The summed E-state index contributed by atoms with van der Waals surface area (Å²) in [6.07, 6.45) is 4.35. The molecule has 1 aliphatic heterocycles. The molecule has 4 heteroatoms. The van der Waals surface area contributed by atoms with E-state index in [1.165, 1.54) is 25.9 Å². The average Bonchev–Trinajstić information content (AvgIpc) is 2.46. The van der Waals surface area contributed by atoms with Crippen molar-refractivity contribution in [3.8, 4) is 0 Å². The number of nitrogens with zero attached hydrogens (tertiary/aromatic N) is 2. The molecule has 106 valence electrons. The van der Waals surface area contributed by atoms with Crippen LogP contribution in [-0.2, 0) is 0 Å². The molecule has 0 radical (unpaired) electrons. The predicted molar refractivity (Wildman–Crippen MR) is 85.5 cm³/mol. The van der Waals surface area contributed by atoms with Crippen LogP contribution in [0.25, 0.3) is 10.9 Å². The number of hydrogen-bond donors (Lipinski definition) is 1. The number of rotatable bonds is 3. The molecule has 0 saturated carbocycles. The lowest BCUT2D eigenvalue weighted by Crippen LogP contribution is -2.32. The minimum atomic E-state index is 0.740. The van der Waals surface area contributed by atoms with Gasteiger partial charge in [0.25, 0.3) is 0 Å². The van der Waals surface area contributed by atoms with Crippen LogP contribution in [0.1, 0.15) is 12.8 Å². The number of halogens is 1. The Hall–Kier alpha value is -1.32. The van der Waals surface area contributed by atoms with E-state index in [4.69, 9.17) is 11.6 Å². The number of aromatic nitrogens is 1. The number of likely N-dealkylation sites (tertiary alicyclic amines) is 1. The van der Waals surface area contributed by atoms with Gasteiger partial charge < -0.3 is 10.2 Å². The molecule has 1 aliphatic rings. The molecule has 0 spiro atoms. The van der Waals surface area contributed by atoms with Crippen molar-refractivity contribution in [3.63, 3.8) is 0 Å². The zero-order valence-corrected chi connectivity index (χ0v) is 12.5. The van der Waals surface area contributed by atoms with E-state index in [0.29, 0.717) is 0 Å². The van der Waals surface area contributed by atoms with Crippen LogP contribution < -0.4 is 5.32 Å². The van der Waals surface area contributed by atoms with Crippen molar-refractivity contribution < 1.29 is 0 Å². The lowest BCUT2D eigenvalue weighted by Gasteiger charge is -2.29. The van der Waals surface area contributed by atoms with Gasteiger partial charge in [0.1, 0.15) is 0 Å². The van der Waals surface area contributed by atoms with Crippen LogP contribution in [-0.4, -0.2) is 36.6 Å². The third kappa shape index (κ3) is 3.05. The Bertz CT molecular complexity index is 591. The van der Waals surface area contributed by atoms with Crippen LogP contribution in [0.4, 0.5) is 5.69 Å². The standard InChI is InChI=1S/C16H20ClN3/c1-20-7-4-12(5-8-20)11-19-15-10-14(17)9-13-3-2-6-18-16(13)15/h2-3,6,9-10,12,19H,4-5,7-8,11H2,1H3. The Labute approximate surface area is 124 Å². The molecule has 1 fully saturated rings. The molecule has 0 aliphatic carbocycles. The van der Waals surface area contributed by atoms with Crippen molar-refractivity contribution in [3.05, 3.63) is 35.5 Å². The molecule has 3 rings (SSSR count). The van der Waals surface area contributed by atoms with Crippen LogP contribution >= 0.6 is 11.6 Å². The lowest BCUT2D eigenvalue weighted by molar-refractivity contribution is 0.226. The van der Waals surface area contributed by atoms with Crippen molar-refractivity contribution in [1.82, 2.24) is 9.88 Å². The fourth-order valence-corrected chi connectivity index (χ4v) is 3.04. The maximum Gasteiger partial charge on any atom is 0.0934 e. The maximum absolute atomic E-state index is 6.19. The molecular formula is C16H20ClN3. The number of piperidine rings is 1. The van der Waals surface area contributed by atoms with Gasteiger partial charge in [0.05, 0.1) is 11.2 Å². The number of nitrogens with one attached hydrogen (secondary N) is 1. The van der Waals surface area contributed by atoms with Crippen molar-refractivity contribution >= 4 is 28.2 Å². The first-order valence-corrected chi connectivity index (χ1v) is 7.57. The topological polar surface area (TPSA) is 28.2 Å². The zero-order chi connectivity index (χ0) is 13.9.